The molecule has 3 amide bonds. The van der Waals surface area contributed by atoms with Crippen LogP contribution < -0.4 is 15.5 Å². The summed E-state index contributed by atoms with van der Waals surface area (Å²) in [5.74, 6) is -1.50. The lowest BCUT2D eigenvalue weighted by Gasteiger charge is -2.16. The fourth-order valence-corrected chi connectivity index (χ4v) is 2.99. The summed E-state index contributed by atoms with van der Waals surface area (Å²) in [4.78, 5) is 41.8. The number of anilines is 1. The van der Waals surface area contributed by atoms with Crippen LogP contribution in [0.4, 0.5) is 10.1 Å². The van der Waals surface area contributed by atoms with E-state index in [1.165, 1.54) is 29.2 Å². The summed E-state index contributed by atoms with van der Waals surface area (Å²) >= 11 is 0. The lowest BCUT2D eigenvalue weighted by atomic mass is 10.1. The van der Waals surface area contributed by atoms with E-state index in [4.69, 9.17) is 0 Å². The Labute approximate surface area is 161 Å². The van der Waals surface area contributed by atoms with Gasteiger partial charge in [0.1, 0.15) is 5.82 Å². The molecule has 1 aromatic heterocycles. The molecule has 1 aromatic carbocycles. The van der Waals surface area contributed by atoms with Gasteiger partial charge in [0, 0.05) is 50.6 Å². The molecule has 1 aliphatic heterocycles. The molecule has 28 heavy (non-hydrogen) atoms. The lowest BCUT2D eigenvalue weighted by molar-refractivity contribution is -0.126. The van der Waals surface area contributed by atoms with Crippen LogP contribution in [0, 0.1) is 11.7 Å². The molecule has 2 aromatic rings. The van der Waals surface area contributed by atoms with Crippen molar-refractivity contribution in [1.82, 2.24) is 15.6 Å². The number of aromatic nitrogens is 1. The molecule has 1 saturated heterocycles. The molecule has 0 radical (unpaired) electrons. The maximum atomic E-state index is 13.0. The van der Waals surface area contributed by atoms with Gasteiger partial charge in [-0.15, -0.1) is 0 Å². The van der Waals surface area contributed by atoms with Crippen molar-refractivity contribution in [2.45, 2.75) is 19.4 Å². The highest BCUT2D eigenvalue weighted by Crippen LogP contribution is 2.25. The van der Waals surface area contributed by atoms with Crippen molar-refractivity contribution in [1.29, 1.82) is 0 Å². The van der Waals surface area contributed by atoms with Crippen LogP contribution in [-0.2, 0) is 20.9 Å². The van der Waals surface area contributed by atoms with E-state index in [0.29, 0.717) is 12.2 Å². The van der Waals surface area contributed by atoms with Gasteiger partial charge in [-0.25, -0.2) is 4.39 Å². The maximum absolute atomic E-state index is 13.0. The highest BCUT2D eigenvalue weighted by Gasteiger charge is 2.34. The monoisotopic (exact) mass is 384 g/mol. The molecule has 0 aliphatic carbocycles. The van der Waals surface area contributed by atoms with Gasteiger partial charge >= 0.3 is 0 Å². The van der Waals surface area contributed by atoms with Gasteiger partial charge in [0.05, 0.1) is 5.92 Å². The minimum absolute atomic E-state index is 0.0937. The van der Waals surface area contributed by atoms with Crippen LogP contribution in [0.3, 0.4) is 0 Å². The van der Waals surface area contributed by atoms with Gasteiger partial charge in [0.25, 0.3) is 0 Å². The third-order valence-electron chi connectivity index (χ3n) is 4.50. The Balaban J connectivity index is 1.41. The number of hydrogen-bond acceptors (Lipinski definition) is 4. The largest absolute Gasteiger partial charge is 0.355 e. The first-order valence-corrected chi connectivity index (χ1v) is 9.02. The van der Waals surface area contributed by atoms with Crippen molar-refractivity contribution < 1.29 is 18.8 Å². The Kier molecular flexibility index (Phi) is 6.31. The average molecular weight is 384 g/mol. The third kappa shape index (κ3) is 5.12. The molecular weight excluding hydrogens is 363 g/mol. The number of carbonyl (C=O) groups excluding carboxylic acids is 3. The molecule has 0 unspecified atom stereocenters. The van der Waals surface area contributed by atoms with Gasteiger partial charge in [-0.1, -0.05) is 6.07 Å². The van der Waals surface area contributed by atoms with Crippen LogP contribution >= 0.6 is 0 Å². The third-order valence-corrected chi connectivity index (χ3v) is 4.50. The van der Waals surface area contributed by atoms with E-state index in [-0.39, 0.29) is 49.5 Å². The van der Waals surface area contributed by atoms with Crippen molar-refractivity contribution in [2.75, 3.05) is 18.0 Å². The first kappa shape index (κ1) is 19.5. The Morgan fingerprint density at radius 1 is 1.18 bits per heavy atom. The second kappa shape index (κ2) is 9.07. The highest BCUT2D eigenvalue weighted by atomic mass is 19.1. The van der Waals surface area contributed by atoms with Crippen molar-refractivity contribution in [2.24, 2.45) is 5.92 Å². The lowest BCUT2D eigenvalue weighted by Crippen LogP contribution is -2.35. The van der Waals surface area contributed by atoms with E-state index in [1.807, 2.05) is 6.07 Å². The molecule has 1 aliphatic rings. The predicted octanol–water partition coefficient (Wildman–Crippen LogP) is 1.40. The minimum atomic E-state index is -0.490. The molecule has 146 valence electrons. The molecule has 1 atom stereocenters. The Hall–Kier alpha value is -3.29. The number of amides is 3. The van der Waals surface area contributed by atoms with E-state index in [9.17, 15) is 18.8 Å². The smallest absolute Gasteiger partial charge is 0.227 e. The second-order valence-electron chi connectivity index (χ2n) is 6.56. The average Bonchev–Trinajstić information content (AvgIpc) is 3.09. The summed E-state index contributed by atoms with van der Waals surface area (Å²) in [7, 11) is 0. The number of halogens is 1. The Morgan fingerprint density at radius 2 is 1.96 bits per heavy atom. The molecule has 2 N–H and O–H groups in total. The molecule has 0 bridgehead atoms. The zero-order valence-corrected chi connectivity index (χ0v) is 15.2. The first-order chi connectivity index (χ1) is 13.5. The summed E-state index contributed by atoms with van der Waals surface area (Å²) in [6.07, 6.45) is 3.57. The van der Waals surface area contributed by atoms with Crippen LogP contribution in [-0.4, -0.2) is 35.8 Å². The standard InChI is InChI=1S/C20H21FN4O3/c21-16-3-5-17(6-4-16)25-13-15(10-19(25)27)20(28)23-9-7-18(26)24-12-14-2-1-8-22-11-14/h1-6,8,11,15H,7,9-10,12-13H2,(H,23,28)(H,24,26)/t15-/m0/s1. The number of carbonyl (C=O) groups is 3. The van der Waals surface area contributed by atoms with E-state index < -0.39 is 5.92 Å². The summed E-state index contributed by atoms with van der Waals surface area (Å²) in [5, 5.41) is 5.46. The quantitative estimate of drug-likeness (QED) is 0.755. The topological polar surface area (TPSA) is 91.4 Å². The molecular formula is C20H21FN4O3. The molecule has 0 saturated carbocycles. The number of nitrogens with one attached hydrogen (secondary N) is 2. The minimum Gasteiger partial charge on any atom is -0.355 e. The molecule has 1 fully saturated rings. The first-order valence-electron chi connectivity index (χ1n) is 9.02. The summed E-state index contributed by atoms with van der Waals surface area (Å²) in [5.41, 5.74) is 1.46. The van der Waals surface area contributed by atoms with E-state index >= 15 is 0 Å². The molecule has 7 nitrogen and oxygen atoms in total. The SMILES string of the molecule is O=C(CCNC(=O)[C@H]1CC(=O)N(c2ccc(F)cc2)C1)NCc1cccnc1. The van der Waals surface area contributed by atoms with Gasteiger partial charge < -0.3 is 15.5 Å². The molecule has 3 rings (SSSR count). The van der Waals surface area contributed by atoms with E-state index in [1.54, 1.807) is 18.5 Å². The fraction of sp³-hybridized carbons (Fsp3) is 0.300. The van der Waals surface area contributed by atoms with Crippen LogP contribution in [0.2, 0.25) is 0 Å². The van der Waals surface area contributed by atoms with Gasteiger partial charge in [-0.3, -0.25) is 19.4 Å². The van der Waals surface area contributed by atoms with Gasteiger partial charge in [0.2, 0.25) is 17.7 Å². The molecule has 0 spiro atoms. The Morgan fingerprint density at radius 3 is 2.68 bits per heavy atom. The van der Waals surface area contributed by atoms with Crippen LogP contribution in [0.15, 0.2) is 48.8 Å². The van der Waals surface area contributed by atoms with Crippen molar-refractivity contribution >= 4 is 23.4 Å². The number of hydrogen-bond donors (Lipinski definition) is 2. The molecule has 2 heterocycles. The summed E-state index contributed by atoms with van der Waals surface area (Å²) in [6.45, 7) is 0.812. The second-order valence-corrected chi connectivity index (χ2v) is 6.56. The van der Waals surface area contributed by atoms with Crippen molar-refractivity contribution in [3.63, 3.8) is 0 Å². The predicted molar refractivity (Wildman–Crippen MR) is 101 cm³/mol. The van der Waals surface area contributed by atoms with E-state index in [0.717, 1.165) is 5.56 Å². The molecule has 8 heteroatoms. The van der Waals surface area contributed by atoms with E-state index in [2.05, 4.69) is 15.6 Å². The van der Waals surface area contributed by atoms with Crippen LogP contribution in [0.5, 0.6) is 0 Å². The Bertz CT molecular complexity index is 842. The zero-order valence-electron chi connectivity index (χ0n) is 15.2. The van der Waals surface area contributed by atoms with Crippen LogP contribution in [0.1, 0.15) is 18.4 Å². The van der Waals surface area contributed by atoms with Gasteiger partial charge in [-0.05, 0) is 35.9 Å². The van der Waals surface area contributed by atoms with Crippen molar-refractivity contribution in [3.05, 3.63) is 60.2 Å². The summed E-state index contributed by atoms with van der Waals surface area (Å²) < 4.78 is 13.0. The van der Waals surface area contributed by atoms with Gasteiger partial charge in [0.15, 0.2) is 0 Å². The number of rotatable bonds is 7. The zero-order chi connectivity index (χ0) is 19.9. The number of benzene rings is 1. The highest BCUT2D eigenvalue weighted by molar-refractivity contribution is 6.00. The summed E-state index contributed by atoms with van der Waals surface area (Å²) in [6, 6.07) is 9.24. The van der Waals surface area contributed by atoms with Crippen LogP contribution in [0.25, 0.3) is 0 Å². The van der Waals surface area contributed by atoms with Crippen molar-refractivity contribution in [3.8, 4) is 0 Å². The normalized spacial score (nSPS) is 16.1. The fourth-order valence-electron chi connectivity index (χ4n) is 2.99. The number of nitrogens with zero attached hydrogens (tertiary/aromatic N) is 2. The van der Waals surface area contributed by atoms with Gasteiger partial charge in [-0.2, -0.15) is 0 Å². The number of pyridine rings is 1. The maximum Gasteiger partial charge on any atom is 0.227 e.